The maximum absolute atomic E-state index is 13.0. The van der Waals surface area contributed by atoms with Crippen LogP contribution in [0, 0.1) is 24.0 Å². The lowest BCUT2D eigenvalue weighted by Gasteiger charge is -2.32. The number of carbonyl (C=O) groups excluding carboxylic acids is 1. The summed E-state index contributed by atoms with van der Waals surface area (Å²) < 4.78 is 7.73. The van der Waals surface area contributed by atoms with Crippen LogP contribution in [0.1, 0.15) is 34.3 Å². The summed E-state index contributed by atoms with van der Waals surface area (Å²) >= 11 is 0. The molecule has 0 N–H and O–H groups in total. The molecule has 160 valence electrons. The summed E-state index contributed by atoms with van der Waals surface area (Å²) in [6, 6.07) is 10.7. The van der Waals surface area contributed by atoms with E-state index in [9.17, 15) is 14.9 Å². The number of nitrogens with zero attached hydrogens (tertiary/aromatic N) is 4. The molecule has 0 atom stereocenters. The average Bonchev–Trinajstić information content (AvgIpc) is 3.31. The third-order valence-electron chi connectivity index (χ3n) is 5.57. The van der Waals surface area contributed by atoms with Crippen molar-refractivity contribution in [1.82, 2.24) is 14.5 Å². The minimum absolute atomic E-state index is 0.0440. The predicted octanol–water partition coefficient (Wildman–Crippen LogP) is 4.08. The fourth-order valence-electron chi connectivity index (χ4n) is 3.80. The Hall–Kier alpha value is -3.68. The van der Waals surface area contributed by atoms with Crippen molar-refractivity contribution < 1.29 is 14.5 Å². The zero-order valence-corrected chi connectivity index (χ0v) is 17.5. The highest BCUT2D eigenvalue weighted by molar-refractivity contribution is 5.95. The van der Waals surface area contributed by atoms with Gasteiger partial charge in [0, 0.05) is 50.0 Å². The fourth-order valence-corrected chi connectivity index (χ4v) is 3.80. The van der Waals surface area contributed by atoms with E-state index in [1.54, 1.807) is 34.0 Å². The third kappa shape index (κ3) is 4.42. The number of aryl methyl sites for hydroxylation is 2. The number of hydrogen-bond donors (Lipinski definition) is 0. The van der Waals surface area contributed by atoms with Crippen molar-refractivity contribution in [3.05, 3.63) is 81.9 Å². The van der Waals surface area contributed by atoms with Crippen molar-refractivity contribution in [2.75, 3.05) is 13.1 Å². The molecule has 8 nitrogen and oxygen atoms in total. The maximum atomic E-state index is 13.0. The van der Waals surface area contributed by atoms with Gasteiger partial charge >= 0.3 is 0 Å². The van der Waals surface area contributed by atoms with Crippen molar-refractivity contribution in [3.8, 4) is 11.4 Å². The number of benzene rings is 2. The van der Waals surface area contributed by atoms with Crippen molar-refractivity contribution in [3.63, 3.8) is 0 Å². The molecule has 2 heterocycles. The number of carbonyl (C=O) groups is 1. The van der Waals surface area contributed by atoms with Crippen LogP contribution in [0.15, 0.2) is 55.1 Å². The fraction of sp³-hybridized carbons (Fsp3) is 0.304. The van der Waals surface area contributed by atoms with Crippen LogP contribution < -0.4 is 4.74 Å². The van der Waals surface area contributed by atoms with Crippen LogP contribution in [-0.2, 0) is 0 Å². The lowest BCUT2D eigenvalue weighted by Crippen LogP contribution is -2.41. The summed E-state index contributed by atoms with van der Waals surface area (Å²) in [5.74, 6) is 0.681. The zero-order valence-electron chi connectivity index (χ0n) is 17.5. The molecule has 1 amide bonds. The second kappa shape index (κ2) is 8.59. The van der Waals surface area contributed by atoms with Crippen LogP contribution in [0.3, 0.4) is 0 Å². The number of nitro benzene ring substituents is 1. The van der Waals surface area contributed by atoms with Gasteiger partial charge in [0.25, 0.3) is 11.6 Å². The van der Waals surface area contributed by atoms with Gasteiger partial charge in [-0.15, -0.1) is 0 Å². The van der Waals surface area contributed by atoms with E-state index >= 15 is 0 Å². The SMILES string of the molecule is Cc1ccc(C)c(OC2CCN(C(=O)c3ccc(-n4ccnc4)c([N+](=O)[O-])c3)CC2)c1. The van der Waals surface area contributed by atoms with Crippen molar-refractivity contribution in [2.24, 2.45) is 0 Å². The molecule has 0 spiro atoms. The van der Waals surface area contributed by atoms with Gasteiger partial charge in [0.2, 0.25) is 0 Å². The number of hydrogen-bond acceptors (Lipinski definition) is 5. The Balaban J connectivity index is 1.44. The first kappa shape index (κ1) is 20.6. The molecule has 1 aliphatic rings. The molecule has 1 saturated heterocycles. The summed E-state index contributed by atoms with van der Waals surface area (Å²) in [5, 5.41) is 11.6. The lowest BCUT2D eigenvalue weighted by molar-refractivity contribution is -0.384. The minimum Gasteiger partial charge on any atom is -0.490 e. The molecule has 0 radical (unpaired) electrons. The van der Waals surface area contributed by atoms with Gasteiger partial charge in [-0.3, -0.25) is 14.9 Å². The Morgan fingerprint density at radius 3 is 2.61 bits per heavy atom. The molecule has 0 saturated carbocycles. The molecular weight excluding hydrogens is 396 g/mol. The van der Waals surface area contributed by atoms with Gasteiger partial charge in [0.05, 0.1) is 11.3 Å². The molecule has 0 bridgehead atoms. The van der Waals surface area contributed by atoms with Gasteiger partial charge in [-0.25, -0.2) is 4.98 Å². The highest BCUT2D eigenvalue weighted by Gasteiger charge is 2.27. The van der Waals surface area contributed by atoms with Crippen molar-refractivity contribution in [1.29, 1.82) is 0 Å². The monoisotopic (exact) mass is 420 g/mol. The number of rotatable bonds is 5. The van der Waals surface area contributed by atoms with Crippen LogP contribution in [0.4, 0.5) is 5.69 Å². The number of nitro groups is 1. The summed E-state index contributed by atoms with van der Waals surface area (Å²) in [4.78, 5) is 29.7. The topological polar surface area (TPSA) is 90.5 Å². The smallest absolute Gasteiger partial charge is 0.294 e. The molecular formula is C23H24N4O4. The van der Waals surface area contributed by atoms with E-state index in [0.717, 1.165) is 16.9 Å². The Labute approximate surface area is 180 Å². The average molecular weight is 420 g/mol. The lowest BCUT2D eigenvalue weighted by atomic mass is 10.0. The molecule has 31 heavy (non-hydrogen) atoms. The molecule has 0 unspecified atom stereocenters. The van der Waals surface area contributed by atoms with Gasteiger partial charge < -0.3 is 14.2 Å². The summed E-state index contributed by atoms with van der Waals surface area (Å²) in [6.45, 7) is 5.15. The number of aromatic nitrogens is 2. The minimum atomic E-state index is -0.476. The summed E-state index contributed by atoms with van der Waals surface area (Å²) in [7, 11) is 0. The predicted molar refractivity (Wildman–Crippen MR) is 116 cm³/mol. The quantitative estimate of drug-likeness (QED) is 0.458. The van der Waals surface area contributed by atoms with E-state index in [4.69, 9.17) is 4.74 Å². The number of piperidine rings is 1. The van der Waals surface area contributed by atoms with Crippen LogP contribution in [0.25, 0.3) is 5.69 Å². The molecule has 8 heteroatoms. The molecule has 1 aromatic heterocycles. The van der Waals surface area contributed by atoms with Crippen LogP contribution in [0.5, 0.6) is 5.75 Å². The molecule has 3 aromatic rings. The van der Waals surface area contributed by atoms with Crippen LogP contribution in [0.2, 0.25) is 0 Å². The highest BCUT2D eigenvalue weighted by atomic mass is 16.6. The van der Waals surface area contributed by atoms with Gasteiger partial charge in [-0.1, -0.05) is 12.1 Å². The molecule has 1 aliphatic heterocycles. The second-order valence-electron chi connectivity index (χ2n) is 7.81. The van der Waals surface area contributed by atoms with Gasteiger partial charge in [0.1, 0.15) is 17.5 Å². The summed E-state index contributed by atoms with van der Waals surface area (Å²) in [5.41, 5.74) is 2.80. The molecule has 2 aromatic carbocycles. The third-order valence-corrected chi connectivity index (χ3v) is 5.57. The normalized spacial score (nSPS) is 14.5. The largest absolute Gasteiger partial charge is 0.490 e. The van der Waals surface area contributed by atoms with Crippen molar-refractivity contribution in [2.45, 2.75) is 32.8 Å². The Kier molecular flexibility index (Phi) is 5.70. The van der Waals surface area contributed by atoms with E-state index in [1.807, 2.05) is 26.0 Å². The van der Waals surface area contributed by atoms with Gasteiger partial charge in [0.15, 0.2) is 0 Å². The number of ether oxygens (including phenoxy) is 1. The first-order valence-corrected chi connectivity index (χ1v) is 10.2. The number of imidazole rings is 1. The van der Waals surface area contributed by atoms with Crippen LogP contribution >= 0.6 is 0 Å². The van der Waals surface area contributed by atoms with Gasteiger partial charge in [-0.2, -0.15) is 0 Å². The van der Waals surface area contributed by atoms with E-state index in [1.165, 1.54) is 12.4 Å². The molecule has 0 aliphatic carbocycles. The zero-order chi connectivity index (χ0) is 22.0. The Bertz CT molecular complexity index is 1100. The molecule has 4 rings (SSSR count). The van der Waals surface area contributed by atoms with Gasteiger partial charge in [-0.05, 0) is 43.2 Å². The first-order valence-electron chi connectivity index (χ1n) is 10.2. The summed E-state index contributed by atoms with van der Waals surface area (Å²) in [6.07, 6.45) is 6.15. The first-order chi connectivity index (χ1) is 14.9. The Morgan fingerprint density at radius 2 is 1.94 bits per heavy atom. The molecule has 1 fully saturated rings. The van der Waals surface area contributed by atoms with E-state index < -0.39 is 4.92 Å². The standard InChI is InChI=1S/C23H24N4O4/c1-16-3-4-17(2)22(13-16)31-19-7-10-25(11-8-19)23(28)18-5-6-20(21(14-18)27(29)30)26-12-9-24-15-26/h3-6,9,12-15,19H,7-8,10-11H2,1-2H3. The second-order valence-corrected chi connectivity index (χ2v) is 7.81. The highest BCUT2D eigenvalue weighted by Crippen LogP contribution is 2.27. The van der Waals surface area contributed by atoms with E-state index in [0.29, 0.717) is 37.2 Å². The number of amides is 1. The van der Waals surface area contributed by atoms with E-state index in [2.05, 4.69) is 11.1 Å². The number of likely N-dealkylation sites (tertiary alicyclic amines) is 1. The van der Waals surface area contributed by atoms with Crippen LogP contribution in [-0.4, -0.2) is 44.5 Å². The van der Waals surface area contributed by atoms with E-state index in [-0.39, 0.29) is 17.7 Å². The Morgan fingerprint density at radius 1 is 1.16 bits per heavy atom. The van der Waals surface area contributed by atoms with Crippen molar-refractivity contribution >= 4 is 11.6 Å². The maximum Gasteiger partial charge on any atom is 0.294 e.